The maximum absolute atomic E-state index is 12.8. The Balaban J connectivity index is 2.94. The third-order valence-corrected chi connectivity index (χ3v) is 4.14. The van der Waals surface area contributed by atoms with Gasteiger partial charge in [-0.15, -0.1) is 0 Å². The lowest BCUT2D eigenvalue weighted by atomic mass is 9.85. The Morgan fingerprint density at radius 1 is 1.00 bits per heavy atom. The standard InChI is InChI=1S/C14H18N2O8/c1-15(2)14-8(10(18)22-5)7(9(17)21-4)13(24-14,12(20)23-6)11(19)16(14)3/h1-6H3/t13-,14-/m0/s1. The fourth-order valence-corrected chi connectivity index (χ4v) is 3.09. The van der Waals surface area contributed by atoms with Crippen LogP contribution in [0, 0.1) is 0 Å². The summed E-state index contributed by atoms with van der Waals surface area (Å²) in [6, 6.07) is 0. The molecule has 0 radical (unpaired) electrons. The van der Waals surface area contributed by atoms with Crippen LogP contribution in [0.5, 0.6) is 0 Å². The van der Waals surface area contributed by atoms with Crippen LogP contribution < -0.4 is 0 Å². The molecule has 1 amide bonds. The topological polar surface area (TPSA) is 112 Å². The fourth-order valence-electron chi connectivity index (χ4n) is 3.09. The minimum Gasteiger partial charge on any atom is -0.466 e. The van der Waals surface area contributed by atoms with Crippen molar-refractivity contribution < 1.29 is 38.1 Å². The number of carbonyl (C=O) groups is 4. The van der Waals surface area contributed by atoms with Crippen molar-refractivity contribution in [3.63, 3.8) is 0 Å². The van der Waals surface area contributed by atoms with Crippen LogP contribution in [0.2, 0.25) is 0 Å². The summed E-state index contributed by atoms with van der Waals surface area (Å²) in [5.41, 5.74) is -3.28. The van der Waals surface area contributed by atoms with Gasteiger partial charge in [0.1, 0.15) is 11.1 Å². The fraction of sp³-hybridized carbons (Fsp3) is 0.571. The third kappa shape index (κ3) is 1.77. The maximum atomic E-state index is 12.8. The van der Waals surface area contributed by atoms with E-state index < -0.39 is 40.8 Å². The van der Waals surface area contributed by atoms with Gasteiger partial charge in [0.15, 0.2) is 0 Å². The van der Waals surface area contributed by atoms with Gasteiger partial charge in [-0.05, 0) is 14.1 Å². The number of carbonyl (C=O) groups excluding carboxylic acids is 4. The van der Waals surface area contributed by atoms with Crippen molar-refractivity contribution in [2.75, 3.05) is 42.5 Å². The van der Waals surface area contributed by atoms with Crippen molar-refractivity contribution in [1.82, 2.24) is 9.80 Å². The summed E-state index contributed by atoms with van der Waals surface area (Å²) in [7, 11) is 7.56. The lowest BCUT2D eigenvalue weighted by Crippen LogP contribution is -2.60. The molecule has 0 aliphatic carbocycles. The maximum Gasteiger partial charge on any atom is 0.353 e. The van der Waals surface area contributed by atoms with Crippen LogP contribution in [0.25, 0.3) is 0 Å². The van der Waals surface area contributed by atoms with Crippen molar-refractivity contribution in [2.45, 2.75) is 11.4 Å². The Morgan fingerprint density at radius 2 is 1.50 bits per heavy atom. The van der Waals surface area contributed by atoms with Gasteiger partial charge in [0.05, 0.1) is 21.3 Å². The molecule has 0 saturated carbocycles. The number of amides is 1. The summed E-state index contributed by atoms with van der Waals surface area (Å²) in [5.74, 6) is -5.79. The van der Waals surface area contributed by atoms with Gasteiger partial charge in [0.25, 0.3) is 11.5 Å². The van der Waals surface area contributed by atoms with E-state index in [0.717, 1.165) is 26.2 Å². The monoisotopic (exact) mass is 342 g/mol. The van der Waals surface area contributed by atoms with Gasteiger partial charge in [-0.2, -0.15) is 0 Å². The molecule has 0 aromatic rings. The highest BCUT2D eigenvalue weighted by Gasteiger charge is 2.78. The van der Waals surface area contributed by atoms with Crippen molar-refractivity contribution in [3.05, 3.63) is 11.1 Å². The number of methoxy groups -OCH3 is 3. The highest BCUT2D eigenvalue weighted by atomic mass is 16.6. The molecule has 1 saturated heterocycles. The number of fused-ring (bicyclic) bond motifs is 2. The van der Waals surface area contributed by atoms with Gasteiger partial charge >= 0.3 is 17.9 Å². The van der Waals surface area contributed by atoms with Crippen LogP contribution >= 0.6 is 0 Å². The third-order valence-electron chi connectivity index (χ3n) is 4.14. The second-order valence-electron chi connectivity index (χ2n) is 5.37. The van der Waals surface area contributed by atoms with E-state index in [9.17, 15) is 19.2 Å². The molecule has 10 nitrogen and oxygen atoms in total. The Kier molecular flexibility index (Phi) is 4.15. The van der Waals surface area contributed by atoms with Gasteiger partial charge in [-0.1, -0.05) is 0 Å². The first-order valence-corrected chi connectivity index (χ1v) is 6.82. The molecule has 0 aromatic heterocycles. The second-order valence-corrected chi connectivity index (χ2v) is 5.37. The van der Waals surface area contributed by atoms with Crippen LogP contribution in [-0.2, 0) is 38.1 Å². The SMILES string of the molecule is COC(=O)C1=C(C(=O)OC)[C@@]2(N(C)C)O[C@]1(C(=O)OC)C(=O)N2C. The number of likely N-dealkylation sites (N-methyl/N-ethyl adjacent to an activating group) is 2. The first kappa shape index (κ1) is 17.9. The second kappa shape index (κ2) is 5.56. The predicted octanol–water partition coefficient (Wildman–Crippen LogP) is -1.74. The summed E-state index contributed by atoms with van der Waals surface area (Å²) in [4.78, 5) is 52.3. The van der Waals surface area contributed by atoms with E-state index in [-0.39, 0.29) is 5.57 Å². The van der Waals surface area contributed by atoms with E-state index in [1.165, 1.54) is 26.0 Å². The van der Waals surface area contributed by atoms with Gasteiger partial charge in [0.2, 0.25) is 5.85 Å². The quantitative estimate of drug-likeness (QED) is 0.334. The molecule has 2 bridgehead atoms. The van der Waals surface area contributed by atoms with Gasteiger partial charge in [-0.3, -0.25) is 14.6 Å². The van der Waals surface area contributed by atoms with Gasteiger partial charge in [-0.25, -0.2) is 14.4 Å². The molecule has 0 N–H and O–H groups in total. The number of rotatable bonds is 4. The number of ether oxygens (including phenoxy) is 4. The van der Waals surface area contributed by atoms with Crippen molar-refractivity contribution in [2.24, 2.45) is 0 Å². The molecule has 1 fully saturated rings. The predicted molar refractivity (Wildman–Crippen MR) is 76.1 cm³/mol. The zero-order valence-corrected chi connectivity index (χ0v) is 14.2. The van der Waals surface area contributed by atoms with Gasteiger partial charge in [0, 0.05) is 7.05 Å². The molecule has 2 aliphatic heterocycles. The van der Waals surface area contributed by atoms with Crippen molar-refractivity contribution >= 4 is 23.8 Å². The zero-order chi connectivity index (χ0) is 18.4. The van der Waals surface area contributed by atoms with Crippen LogP contribution in [0.4, 0.5) is 0 Å². The summed E-state index contributed by atoms with van der Waals surface area (Å²) in [6.45, 7) is 0. The Hall–Kier alpha value is -2.46. The number of hydrogen-bond acceptors (Lipinski definition) is 9. The number of nitrogens with zero attached hydrogens (tertiary/aromatic N) is 2. The Labute approximate surface area is 137 Å². The summed E-state index contributed by atoms with van der Waals surface area (Å²) in [5, 5.41) is 0. The molecule has 0 spiro atoms. The Morgan fingerprint density at radius 3 is 1.92 bits per heavy atom. The van der Waals surface area contributed by atoms with E-state index in [0.29, 0.717) is 0 Å². The molecule has 2 atom stereocenters. The first-order chi connectivity index (χ1) is 11.2. The molecule has 2 rings (SSSR count). The van der Waals surface area contributed by atoms with Crippen LogP contribution in [-0.4, -0.2) is 87.5 Å². The molecule has 0 unspecified atom stereocenters. The van der Waals surface area contributed by atoms with E-state index in [2.05, 4.69) is 9.47 Å². The number of esters is 3. The smallest absolute Gasteiger partial charge is 0.353 e. The van der Waals surface area contributed by atoms with E-state index in [1.807, 2.05) is 0 Å². The molecule has 0 aromatic carbocycles. The highest BCUT2D eigenvalue weighted by molar-refractivity contribution is 6.23. The molecular formula is C14H18N2O8. The summed E-state index contributed by atoms with van der Waals surface area (Å²) in [6.07, 6.45) is 0. The van der Waals surface area contributed by atoms with Crippen LogP contribution in [0.15, 0.2) is 11.1 Å². The van der Waals surface area contributed by atoms with Gasteiger partial charge < -0.3 is 18.9 Å². The lowest BCUT2D eigenvalue weighted by molar-refractivity contribution is -0.188. The average Bonchev–Trinajstić information content (AvgIpc) is 3.02. The highest BCUT2D eigenvalue weighted by Crippen LogP contribution is 2.53. The molecule has 24 heavy (non-hydrogen) atoms. The van der Waals surface area contributed by atoms with E-state index >= 15 is 0 Å². The molecular weight excluding hydrogens is 324 g/mol. The normalized spacial score (nSPS) is 28.5. The Bertz CT molecular complexity index is 670. The molecule has 2 heterocycles. The minimum absolute atomic E-state index is 0.311. The average molecular weight is 342 g/mol. The lowest BCUT2D eigenvalue weighted by Gasteiger charge is -2.39. The van der Waals surface area contributed by atoms with Crippen LogP contribution in [0.3, 0.4) is 0 Å². The number of hydrogen-bond donors (Lipinski definition) is 0. The first-order valence-electron chi connectivity index (χ1n) is 6.82. The van der Waals surface area contributed by atoms with Crippen molar-refractivity contribution in [1.29, 1.82) is 0 Å². The van der Waals surface area contributed by atoms with Crippen molar-refractivity contribution in [3.8, 4) is 0 Å². The minimum atomic E-state index is -2.43. The van der Waals surface area contributed by atoms with Crippen LogP contribution in [0.1, 0.15) is 0 Å². The van der Waals surface area contributed by atoms with E-state index in [4.69, 9.17) is 9.47 Å². The van der Waals surface area contributed by atoms with E-state index in [1.54, 1.807) is 0 Å². The molecule has 132 valence electrons. The zero-order valence-electron chi connectivity index (χ0n) is 14.2. The summed E-state index contributed by atoms with van der Waals surface area (Å²) < 4.78 is 19.8. The summed E-state index contributed by atoms with van der Waals surface area (Å²) >= 11 is 0. The molecule has 2 aliphatic rings. The molecule has 10 heteroatoms. The largest absolute Gasteiger partial charge is 0.466 e.